The standard InChI is InChI=1S/C20H21N5O3/c1-4-6-10-28-19-16(12-21)22-13-18(24-19)25-20(26)23-15-11-14(3)7-8-17(15)27-9-5-2/h4-5,7-8,11,13H,1-2,6,9-10H2,3H3,(H2,23,24,25,26). The SMILES string of the molecule is C=CCCOc1nc(NC(=O)Nc2cc(C)ccc2OCC=C)cnc1C#N. The third kappa shape index (κ3) is 5.85. The van der Waals surface area contributed by atoms with Crippen molar-refractivity contribution in [3.63, 3.8) is 0 Å². The van der Waals surface area contributed by atoms with Crippen LogP contribution in [0, 0.1) is 18.3 Å². The molecule has 1 heterocycles. The summed E-state index contributed by atoms with van der Waals surface area (Å²) in [5, 5.41) is 14.4. The van der Waals surface area contributed by atoms with E-state index in [1.165, 1.54) is 6.20 Å². The second-order valence-corrected chi connectivity index (χ2v) is 5.63. The van der Waals surface area contributed by atoms with Crippen molar-refractivity contribution in [1.82, 2.24) is 9.97 Å². The van der Waals surface area contributed by atoms with Gasteiger partial charge in [0.1, 0.15) is 18.4 Å². The Hall–Kier alpha value is -3.86. The van der Waals surface area contributed by atoms with Crippen LogP contribution >= 0.6 is 0 Å². The molecular weight excluding hydrogens is 358 g/mol. The van der Waals surface area contributed by atoms with Gasteiger partial charge in [-0.25, -0.2) is 9.78 Å². The van der Waals surface area contributed by atoms with Gasteiger partial charge in [-0.3, -0.25) is 5.32 Å². The molecule has 0 spiro atoms. The van der Waals surface area contributed by atoms with E-state index in [9.17, 15) is 4.79 Å². The fourth-order valence-corrected chi connectivity index (χ4v) is 2.13. The van der Waals surface area contributed by atoms with E-state index in [0.29, 0.717) is 31.1 Å². The lowest BCUT2D eigenvalue weighted by Gasteiger charge is -2.13. The molecule has 0 aliphatic heterocycles. The van der Waals surface area contributed by atoms with Gasteiger partial charge in [-0.1, -0.05) is 24.8 Å². The first-order valence-corrected chi connectivity index (χ1v) is 8.50. The van der Waals surface area contributed by atoms with Crippen LogP contribution in [0.25, 0.3) is 0 Å². The number of urea groups is 1. The molecule has 0 saturated carbocycles. The molecule has 144 valence electrons. The fourth-order valence-electron chi connectivity index (χ4n) is 2.13. The number of carbonyl (C=O) groups is 1. The average Bonchev–Trinajstić information content (AvgIpc) is 2.68. The number of ether oxygens (including phenoxy) is 2. The molecule has 8 nitrogen and oxygen atoms in total. The Labute approximate surface area is 163 Å². The van der Waals surface area contributed by atoms with Crippen molar-refractivity contribution >= 4 is 17.5 Å². The number of aryl methyl sites for hydroxylation is 1. The Kier molecular flexibility index (Phi) is 7.54. The number of rotatable bonds is 9. The zero-order valence-electron chi connectivity index (χ0n) is 15.6. The van der Waals surface area contributed by atoms with Gasteiger partial charge in [-0.2, -0.15) is 10.2 Å². The molecule has 2 N–H and O–H groups in total. The van der Waals surface area contributed by atoms with Crippen LogP contribution in [-0.2, 0) is 0 Å². The largest absolute Gasteiger partial charge is 0.487 e. The number of anilines is 2. The van der Waals surface area contributed by atoms with Crippen LogP contribution in [0.3, 0.4) is 0 Å². The number of hydrogen-bond acceptors (Lipinski definition) is 6. The van der Waals surface area contributed by atoms with Crippen molar-refractivity contribution in [3.8, 4) is 17.7 Å². The van der Waals surface area contributed by atoms with E-state index in [4.69, 9.17) is 14.7 Å². The molecule has 8 heteroatoms. The number of benzene rings is 1. The van der Waals surface area contributed by atoms with E-state index in [1.807, 2.05) is 19.1 Å². The molecule has 2 rings (SSSR count). The molecule has 2 aromatic rings. The number of nitrogens with zero attached hydrogens (tertiary/aromatic N) is 3. The summed E-state index contributed by atoms with van der Waals surface area (Å²) in [5.41, 5.74) is 1.49. The monoisotopic (exact) mass is 379 g/mol. The summed E-state index contributed by atoms with van der Waals surface area (Å²) in [6.07, 6.45) is 5.17. The van der Waals surface area contributed by atoms with Crippen LogP contribution in [0.1, 0.15) is 17.7 Å². The van der Waals surface area contributed by atoms with Crippen LogP contribution < -0.4 is 20.1 Å². The zero-order valence-corrected chi connectivity index (χ0v) is 15.6. The third-order valence-corrected chi connectivity index (χ3v) is 3.39. The highest BCUT2D eigenvalue weighted by atomic mass is 16.5. The summed E-state index contributed by atoms with van der Waals surface area (Å²) < 4.78 is 11.0. The van der Waals surface area contributed by atoms with Crippen molar-refractivity contribution < 1.29 is 14.3 Å². The molecule has 28 heavy (non-hydrogen) atoms. The second kappa shape index (κ2) is 10.3. The molecule has 0 aliphatic carbocycles. The minimum atomic E-state index is -0.537. The molecule has 0 fully saturated rings. The summed E-state index contributed by atoms with van der Waals surface area (Å²) >= 11 is 0. The lowest BCUT2D eigenvalue weighted by molar-refractivity contribution is 0.262. The van der Waals surface area contributed by atoms with Gasteiger partial charge in [0.15, 0.2) is 5.82 Å². The van der Waals surface area contributed by atoms with E-state index in [2.05, 4.69) is 33.8 Å². The van der Waals surface area contributed by atoms with Gasteiger partial charge in [-0.05, 0) is 31.0 Å². The Morgan fingerprint density at radius 2 is 2.11 bits per heavy atom. The number of nitrogens with one attached hydrogen (secondary N) is 2. The van der Waals surface area contributed by atoms with E-state index < -0.39 is 6.03 Å². The summed E-state index contributed by atoms with van der Waals surface area (Å²) in [5.74, 6) is 0.707. The quantitative estimate of drug-likeness (QED) is 0.506. The van der Waals surface area contributed by atoms with Crippen molar-refractivity contribution in [2.45, 2.75) is 13.3 Å². The molecule has 1 aromatic heterocycles. The Morgan fingerprint density at radius 1 is 1.29 bits per heavy atom. The number of carbonyl (C=O) groups excluding carboxylic acids is 1. The zero-order chi connectivity index (χ0) is 20.4. The first-order chi connectivity index (χ1) is 13.6. The maximum Gasteiger partial charge on any atom is 0.325 e. The van der Waals surface area contributed by atoms with Gasteiger partial charge >= 0.3 is 6.03 Å². The molecule has 1 aromatic carbocycles. The van der Waals surface area contributed by atoms with Gasteiger partial charge in [0.25, 0.3) is 5.88 Å². The second-order valence-electron chi connectivity index (χ2n) is 5.63. The molecule has 0 atom stereocenters. The topological polar surface area (TPSA) is 109 Å². The summed E-state index contributed by atoms with van der Waals surface area (Å²) in [7, 11) is 0. The highest BCUT2D eigenvalue weighted by molar-refractivity contribution is 6.00. The minimum absolute atomic E-state index is 0.0359. The van der Waals surface area contributed by atoms with Crippen LogP contribution in [0.15, 0.2) is 49.7 Å². The van der Waals surface area contributed by atoms with E-state index in [-0.39, 0.29) is 17.4 Å². The van der Waals surface area contributed by atoms with Crippen LogP contribution in [0.2, 0.25) is 0 Å². The summed E-state index contributed by atoms with van der Waals surface area (Å²) in [6.45, 7) is 9.72. The third-order valence-electron chi connectivity index (χ3n) is 3.39. The summed E-state index contributed by atoms with van der Waals surface area (Å²) in [4.78, 5) is 20.4. The number of hydrogen-bond donors (Lipinski definition) is 2. The van der Waals surface area contributed by atoms with E-state index in [0.717, 1.165) is 5.56 Å². The summed E-state index contributed by atoms with van der Waals surface area (Å²) in [6, 6.07) is 6.79. The molecule has 0 bridgehead atoms. The first kappa shape index (κ1) is 20.5. The lowest BCUT2D eigenvalue weighted by atomic mass is 10.2. The van der Waals surface area contributed by atoms with Crippen LogP contribution in [0.4, 0.5) is 16.3 Å². The van der Waals surface area contributed by atoms with Gasteiger partial charge in [0, 0.05) is 0 Å². The van der Waals surface area contributed by atoms with Gasteiger partial charge < -0.3 is 14.8 Å². The van der Waals surface area contributed by atoms with Crippen LogP contribution in [0.5, 0.6) is 11.6 Å². The smallest absolute Gasteiger partial charge is 0.325 e. The Bertz CT molecular complexity index is 905. The molecular formula is C20H21N5O3. The molecule has 0 aliphatic rings. The highest BCUT2D eigenvalue weighted by Gasteiger charge is 2.12. The predicted molar refractivity (Wildman–Crippen MR) is 107 cm³/mol. The molecule has 2 amide bonds. The molecule has 0 saturated heterocycles. The number of amides is 2. The van der Waals surface area contributed by atoms with Crippen molar-refractivity contribution in [2.75, 3.05) is 23.8 Å². The highest BCUT2D eigenvalue weighted by Crippen LogP contribution is 2.26. The Morgan fingerprint density at radius 3 is 2.82 bits per heavy atom. The van der Waals surface area contributed by atoms with Gasteiger partial charge in [0.2, 0.25) is 5.69 Å². The van der Waals surface area contributed by atoms with Crippen molar-refractivity contribution in [3.05, 3.63) is 61.0 Å². The molecule has 0 radical (unpaired) electrons. The lowest BCUT2D eigenvalue weighted by Crippen LogP contribution is -2.21. The average molecular weight is 379 g/mol. The van der Waals surface area contributed by atoms with Crippen LogP contribution in [-0.4, -0.2) is 29.2 Å². The van der Waals surface area contributed by atoms with E-state index >= 15 is 0 Å². The van der Waals surface area contributed by atoms with Gasteiger partial charge in [0.05, 0.1) is 18.5 Å². The first-order valence-electron chi connectivity index (χ1n) is 8.50. The van der Waals surface area contributed by atoms with Gasteiger partial charge in [-0.15, -0.1) is 6.58 Å². The number of nitriles is 1. The van der Waals surface area contributed by atoms with E-state index in [1.54, 1.807) is 24.3 Å². The number of aromatic nitrogens is 2. The van der Waals surface area contributed by atoms with Crippen molar-refractivity contribution in [2.24, 2.45) is 0 Å². The maximum absolute atomic E-state index is 12.4. The fraction of sp³-hybridized carbons (Fsp3) is 0.200. The normalized spacial score (nSPS) is 9.71. The van der Waals surface area contributed by atoms with Crippen molar-refractivity contribution in [1.29, 1.82) is 5.26 Å². The molecule has 0 unspecified atom stereocenters. The maximum atomic E-state index is 12.4. The predicted octanol–water partition coefficient (Wildman–Crippen LogP) is 3.82. The Balaban J connectivity index is 2.12. The minimum Gasteiger partial charge on any atom is -0.487 e.